The Hall–Kier alpha value is -2.28. The minimum absolute atomic E-state index is 0.0343. The third kappa shape index (κ3) is 4.59. The highest BCUT2D eigenvalue weighted by Gasteiger charge is 2.21. The number of carbonyl (C=O) groups excluding carboxylic acids is 2. The molecular weight excluding hydrogens is 319 g/mol. The van der Waals surface area contributed by atoms with Crippen LogP contribution in [0, 0.1) is 5.82 Å². The molecule has 1 aromatic heterocycles. The minimum Gasteiger partial charge on any atom is -0.448 e. The summed E-state index contributed by atoms with van der Waals surface area (Å²) in [4.78, 5) is 27.9. The Morgan fingerprint density at radius 1 is 1.22 bits per heavy atom. The zero-order chi connectivity index (χ0) is 17.0. The molecule has 0 saturated heterocycles. The van der Waals surface area contributed by atoms with Gasteiger partial charge in [0.1, 0.15) is 10.8 Å². The first kappa shape index (κ1) is 17.1. The molecule has 0 unspecified atom stereocenters. The van der Waals surface area contributed by atoms with E-state index in [2.05, 4.69) is 10.3 Å². The van der Waals surface area contributed by atoms with E-state index in [1.54, 1.807) is 17.5 Å². The summed E-state index contributed by atoms with van der Waals surface area (Å²) in [5.74, 6) is -1.36. The molecule has 7 heteroatoms. The van der Waals surface area contributed by atoms with Gasteiger partial charge in [0.2, 0.25) is 0 Å². The Kier molecular flexibility index (Phi) is 5.44. The number of nitrogens with zero attached hydrogens (tertiary/aromatic N) is 1. The molecule has 0 bridgehead atoms. The van der Waals surface area contributed by atoms with Crippen LogP contribution in [0.25, 0.3) is 10.6 Å². The van der Waals surface area contributed by atoms with Crippen molar-refractivity contribution in [2.45, 2.75) is 32.9 Å². The smallest absolute Gasteiger partial charge is 0.358 e. The normalized spacial score (nSPS) is 12.0. The Morgan fingerprint density at radius 3 is 2.48 bits per heavy atom. The van der Waals surface area contributed by atoms with Gasteiger partial charge in [-0.1, -0.05) is 0 Å². The molecule has 0 aliphatic heterocycles. The first-order valence-electron chi connectivity index (χ1n) is 7.09. The van der Waals surface area contributed by atoms with Crippen LogP contribution >= 0.6 is 11.3 Å². The van der Waals surface area contributed by atoms with Gasteiger partial charge in [-0.25, -0.2) is 14.2 Å². The molecule has 1 heterocycles. The van der Waals surface area contributed by atoms with Crippen LogP contribution in [0.4, 0.5) is 4.39 Å². The summed E-state index contributed by atoms with van der Waals surface area (Å²) in [6.45, 7) is 5.15. The van der Waals surface area contributed by atoms with Gasteiger partial charge in [0, 0.05) is 17.0 Å². The van der Waals surface area contributed by atoms with Crippen LogP contribution < -0.4 is 5.32 Å². The number of benzene rings is 1. The van der Waals surface area contributed by atoms with Crippen LogP contribution in [0.3, 0.4) is 0 Å². The molecule has 1 amide bonds. The maximum atomic E-state index is 12.9. The predicted molar refractivity (Wildman–Crippen MR) is 85.7 cm³/mol. The van der Waals surface area contributed by atoms with Crippen molar-refractivity contribution < 1.29 is 18.7 Å². The third-order valence-corrected chi connectivity index (χ3v) is 3.78. The molecule has 5 nitrogen and oxygen atoms in total. The second kappa shape index (κ2) is 7.32. The van der Waals surface area contributed by atoms with E-state index in [4.69, 9.17) is 4.74 Å². The topological polar surface area (TPSA) is 68.3 Å². The van der Waals surface area contributed by atoms with E-state index >= 15 is 0 Å². The van der Waals surface area contributed by atoms with Gasteiger partial charge in [0.05, 0.1) is 0 Å². The number of ether oxygens (including phenoxy) is 1. The summed E-state index contributed by atoms with van der Waals surface area (Å²) < 4.78 is 18.0. The van der Waals surface area contributed by atoms with Crippen molar-refractivity contribution >= 4 is 23.2 Å². The first-order valence-corrected chi connectivity index (χ1v) is 7.97. The number of hydrogen-bond acceptors (Lipinski definition) is 5. The lowest BCUT2D eigenvalue weighted by Crippen LogP contribution is -2.39. The standard InChI is InChI=1S/C16H17FN2O3S/c1-9(2)18-14(20)10(3)22-16(21)13-8-23-15(19-13)11-4-6-12(17)7-5-11/h4-10H,1-3H3,(H,18,20)/t10-/m1/s1. The molecule has 0 fully saturated rings. The number of thiazole rings is 1. The van der Waals surface area contributed by atoms with Gasteiger partial charge < -0.3 is 10.1 Å². The van der Waals surface area contributed by atoms with E-state index in [1.165, 1.54) is 30.4 Å². The summed E-state index contributed by atoms with van der Waals surface area (Å²) >= 11 is 1.25. The van der Waals surface area contributed by atoms with Crippen LogP contribution in [-0.4, -0.2) is 29.0 Å². The maximum absolute atomic E-state index is 12.9. The van der Waals surface area contributed by atoms with Gasteiger partial charge in [0.15, 0.2) is 11.8 Å². The fraction of sp³-hybridized carbons (Fsp3) is 0.312. The van der Waals surface area contributed by atoms with E-state index in [9.17, 15) is 14.0 Å². The summed E-state index contributed by atoms with van der Waals surface area (Å²) in [7, 11) is 0. The largest absolute Gasteiger partial charge is 0.448 e. The van der Waals surface area contributed by atoms with Gasteiger partial charge in [-0.05, 0) is 45.0 Å². The second-order valence-electron chi connectivity index (χ2n) is 5.26. The highest BCUT2D eigenvalue weighted by molar-refractivity contribution is 7.13. The fourth-order valence-electron chi connectivity index (χ4n) is 1.77. The van der Waals surface area contributed by atoms with E-state index in [0.29, 0.717) is 10.6 Å². The molecule has 0 radical (unpaired) electrons. The average molecular weight is 336 g/mol. The Labute approximate surface area is 137 Å². The third-order valence-electron chi connectivity index (χ3n) is 2.89. The molecule has 0 aliphatic rings. The number of rotatable bonds is 5. The Morgan fingerprint density at radius 2 is 1.87 bits per heavy atom. The lowest BCUT2D eigenvalue weighted by molar-refractivity contribution is -0.129. The molecule has 0 saturated carbocycles. The number of hydrogen-bond donors (Lipinski definition) is 1. The second-order valence-corrected chi connectivity index (χ2v) is 6.11. The number of aromatic nitrogens is 1. The lowest BCUT2D eigenvalue weighted by atomic mass is 10.2. The molecule has 23 heavy (non-hydrogen) atoms. The van der Waals surface area contributed by atoms with Crippen molar-refractivity contribution in [3.63, 3.8) is 0 Å². The highest BCUT2D eigenvalue weighted by Crippen LogP contribution is 2.24. The summed E-state index contributed by atoms with van der Waals surface area (Å²) in [5, 5.41) is 4.80. The number of nitrogens with one attached hydrogen (secondary N) is 1. The van der Waals surface area contributed by atoms with Crippen LogP contribution in [0.2, 0.25) is 0 Å². The van der Waals surface area contributed by atoms with E-state index in [-0.39, 0.29) is 23.5 Å². The Balaban J connectivity index is 2.03. The van der Waals surface area contributed by atoms with Crippen LogP contribution in [-0.2, 0) is 9.53 Å². The van der Waals surface area contributed by atoms with Crippen LogP contribution in [0.1, 0.15) is 31.3 Å². The van der Waals surface area contributed by atoms with Crippen LogP contribution in [0.15, 0.2) is 29.6 Å². The van der Waals surface area contributed by atoms with Crippen LogP contribution in [0.5, 0.6) is 0 Å². The van der Waals surface area contributed by atoms with Crippen molar-refractivity contribution in [2.24, 2.45) is 0 Å². The lowest BCUT2D eigenvalue weighted by Gasteiger charge is -2.14. The van der Waals surface area contributed by atoms with Crippen molar-refractivity contribution in [3.05, 3.63) is 41.2 Å². The van der Waals surface area contributed by atoms with Gasteiger partial charge >= 0.3 is 5.97 Å². The minimum atomic E-state index is -0.902. The SMILES string of the molecule is CC(C)NC(=O)[C@@H](C)OC(=O)c1csc(-c2ccc(F)cc2)n1. The highest BCUT2D eigenvalue weighted by atomic mass is 32.1. The van der Waals surface area contributed by atoms with E-state index in [1.807, 2.05) is 13.8 Å². The Bertz CT molecular complexity index is 698. The first-order chi connectivity index (χ1) is 10.9. The molecular formula is C16H17FN2O3S. The molecule has 1 N–H and O–H groups in total. The van der Waals surface area contributed by atoms with Gasteiger partial charge in [-0.2, -0.15) is 0 Å². The molecule has 1 aromatic carbocycles. The molecule has 2 rings (SSSR count). The summed E-state index contributed by atoms with van der Waals surface area (Å²) in [6, 6.07) is 5.79. The van der Waals surface area contributed by atoms with Crippen molar-refractivity contribution in [1.29, 1.82) is 0 Å². The summed E-state index contributed by atoms with van der Waals surface area (Å²) in [5.41, 5.74) is 0.833. The zero-order valence-electron chi connectivity index (χ0n) is 13.0. The number of halogens is 1. The van der Waals surface area contributed by atoms with Crippen molar-refractivity contribution in [1.82, 2.24) is 10.3 Å². The molecule has 0 spiro atoms. The number of carbonyl (C=O) groups is 2. The molecule has 0 aliphatic carbocycles. The van der Waals surface area contributed by atoms with Gasteiger partial charge in [-0.15, -0.1) is 11.3 Å². The molecule has 1 atom stereocenters. The van der Waals surface area contributed by atoms with Crippen molar-refractivity contribution in [3.8, 4) is 10.6 Å². The van der Waals surface area contributed by atoms with Gasteiger partial charge in [-0.3, -0.25) is 4.79 Å². The number of amides is 1. The quantitative estimate of drug-likeness (QED) is 0.852. The zero-order valence-corrected chi connectivity index (χ0v) is 13.8. The monoisotopic (exact) mass is 336 g/mol. The van der Waals surface area contributed by atoms with Gasteiger partial charge in [0.25, 0.3) is 5.91 Å². The molecule has 2 aromatic rings. The number of esters is 1. The predicted octanol–water partition coefficient (Wildman–Crippen LogP) is 3.02. The molecule has 122 valence electrons. The fourth-order valence-corrected chi connectivity index (χ4v) is 2.56. The van der Waals surface area contributed by atoms with Crippen molar-refractivity contribution in [2.75, 3.05) is 0 Å². The average Bonchev–Trinajstić information content (AvgIpc) is 2.97. The maximum Gasteiger partial charge on any atom is 0.358 e. The van der Waals surface area contributed by atoms with E-state index < -0.39 is 12.1 Å². The van der Waals surface area contributed by atoms with E-state index in [0.717, 1.165) is 0 Å². The summed E-state index contributed by atoms with van der Waals surface area (Å²) in [6.07, 6.45) is -0.902.